The molecule has 6 rings (SSSR count). The smallest absolute Gasteiger partial charge is 0.456 e. The first-order chi connectivity index (χ1) is 14.4. The van der Waals surface area contributed by atoms with Gasteiger partial charge in [0.25, 0.3) is 0 Å². The minimum Gasteiger partial charge on any atom is -0.456 e. The molecule has 0 saturated carbocycles. The highest BCUT2D eigenvalue weighted by Crippen LogP contribution is 2.41. The van der Waals surface area contributed by atoms with Crippen LogP contribution in [0.2, 0.25) is 0 Å². The minimum absolute atomic E-state index is 0.398. The van der Waals surface area contributed by atoms with Crippen molar-refractivity contribution in [2.24, 2.45) is 0 Å². The van der Waals surface area contributed by atoms with E-state index in [-0.39, 0.29) is 0 Å². The van der Waals surface area contributed by atoms with Crippen LogP contribution < -0.4 is 5.46 Å². The van der Waals surface area contributed by atoms with Crippen LogP contribution in [0.3, 0.4) is 0 Å². The third-order valence-electron chi connectivity index (χ3n) is 6.91. The standard InChI is InChI=1S/C26H23BO3/c1-25(2)26(3,4)30-27(29-25)21-15-9-14-20-22-18-12-7-5-10-16(18)17-11-6-8-13-19(17)24(22)28-23(20)21/h5-15H,1-4H3. The molecule has 0 aliphatic carbocycles. The summed E-state index contributed by atoms with van der Waals surface area (Å²) in [7, 11) is -0.461. The Bertz CT molecular complexity index is 1450. The first-order valence-corrected chi connectivity index (χ1v) is 10.5. The zero-order chi connectivity index (χ0) is 20.7. The largest absolute Gasteiger partial charge is 0.498 e. The lowest BCUT2D eigenvalue weighted by Gasteiger charge is -2.32. The Hall–Kier alpha value is -2.82. The van der Waals surface area contributed by atoms with Crippen LogP contribution in [0, 0.1) is 0 Å². The monoisotopic (exact) mass is 394 g/mol. The van der Waals surface area contributed by atoms with Gasteiger partial charge in [-0.05, 0) is 43.9 Å². The van der Waals surface area contributed by atoms with Crippen molar-refractivity contribution in [3.63, 3.8) is 0 Å². The molecule has 0 bridgehead atoms. The van der Waals surface area contributed by atoms with Crippen LogP contribution in [0.5, 0.6) is 0 Å². The van der Waals surface area contributed by atoms with E-state index in [4.69, 9.17) is 13.7 Å². The molecule has 3 nitrogen and oxygen atoms in total. The van der Waals surface area contributed by atoms with E-state index in [0.717, 1.165) is 32.8 Å². The van der Waals surface area contributed by atoms with E-state index >= 15 is 0 Å². The average molecular weight is 394 g/mol. The molecule has 1 fully saturated rings. The lowest BCUT2D eigenvalue weighted by molar-refractivity contribution is 0.00578. The van der Waals surface area contributed by atoms with Crippen molar-refractivity contribution in [3.8, 4) is 0 Å². The van der Waals surface area contributed by atoms with Crippen LogP contribution in [0.25, 0.3) is 43.5 Å². The molecule has 30 heavy (non-hydrogen) atoms. The van der Waals surface area contributed by atoms with Crippen LogP contribution in [-0.2, 0) is 9.31 Å². The van der Waals surface area contributed by atoms with E-state index in [1.807, 2.05) is 0 Å². The predicted molar refractivity (Wildman–Crippen MR) is 124 cm³/mol. The summed E-state index contributed by atoms with van der Waals surface area (Å²) in [5.41, 5.74) is 1.91. The van der Waals surface area contributed by atoms with Crippen LogP contribution >= 0.6 is 0 Å². The lowest BCUT2D eigenvalue weighted by atomic mass is 9.78. The summed E-state index contributed by atoms with van der Waals surface area (Å²) in [5.74, 6) is 0. The maximum absolute atomic E-state index is 6.59. The first kappa shape index (κ1) is 18.0. The van der Waals surface area contributed by atoms with Crippen LogP contribution in [0.15, 0.2) is 71.1 Å². The van der Waals surface area contributed by atoms with Crippen molar-refractivity contribution >= 4 is 56.1 Å². The Morgan fingerprint density at radius 1 is 0.567 bits per heavy atom. The molecule has 4 heteroatoms. The normalized spacial score (nSPS) is 18.2. The molecule has 0 unspecified atom stereocenters. The minimum atomic E-state index is -0.461. The molecule has 4 aromatic carbocycles. The second-order valence-electron chi connectivity index (χ2n) is 9.21. The summed E-state index contributed by atoms with van der Waals surface area (Å²) >= 11 is 0. The number of furan rings is 1. The Labute approximate surface area is 175 Å². The molecule has 1 saturated heterocycles. The van der Waals surface area contributed by atoms with Gasteiger partial charge in [-0.2, -0.15) is 0 Å². The summed E-state index contributed by atoms with van der Waals surface area (Å²) in [6.07, 6.45) is 0. The number of fused-ring (bicyclic) bond motifs is 8. The maximum atomic E-state index is 6.59. The van der Waals surface area contributed by atoms with Gasteiger partial charge in [0, 0.05) is 21.6 Å². The van der Waals surface area contributed by atoms with Gasteiger partial charge in [-0.25, -0.2) is 0 Å². The number of hydrogen-bond acceptors (Lipinski definition) is 3. The van der Waals surface area contributed by atoms with Crippen LogP contribution in [0.1, 0.15) is 27.7 Å². The first-order valence-electron chi connectivity index (χ1n) is 10.5. The molecule has 1 aliphatic heterocycles. The quantitative estimate of drug-likeness (QED) is 0.251. The topological polar surface area (TPSA) is 31.6 Å². The zero-order valence-corrected chi connectivity index (χ0v) is 17.7. The fraction of sp³-hybridized carbons (Fsp3) is 0.231. The second kappa shape index (κ2) is 5.87. The fourth-order valence-corrected chi connectivity index (χ4v) is 4.61. The SMILES string of the molecule is CC1(C)OB(c2cccc3c2oc2c4ccccc4c4ccccc4c32)OC1(C)C. The Balaban J connectivity index is 1.72. The Kier molecular flexibility index (Phi) is 3.52. The molecule has 5 aromatic rings. The molecule has 1 aliphatic rings. The molecule has 0 radical (unpaired) electrons. The van der Waals surface area contributed by atoms with Crippen molar-refractivity contribution < 1.29 is 13.7 Å². The molecular formula is C26H23BO3. The molecular weight excluding hydrogens is 371 g/mol. The van der Waals surface area contributed by atoms with E-state index in [0.29, 0.717) is 0 Å². The van der Waals surface area contributed by atoms with Crippen molar-refractivity contribution in [3.05, 3.63) is 66.7 Å². The molecule has 2 heterocycles. The molecule has 0 N–H and O–H groups in total. The van der Waals surface area contributed by atoms with E-state index in [1.165, 1.54) is 16.2 Å². The number of rotatable bonds is 1. The molecule has 1 aromatic heterocycles. The zero-order valence-electron chi connectivity index (χ0n) is 17.7. The van der Waals surface area contributed by atoms with Gasteiger partial charge in [0.2, 0.25) is 0 Å². The summed E-state index contributed by atoms with van der Waals surface area (Å²) < 4.78 is 19.3. The Morgan fingerprint density at radius 3 is 1.77 bits per heavy atom. The average Bonchev–Trinajstić information content (AvgIpc) is 3.22. The highest BCUT2D eigenvalue weighted by molar-refractivity contribution is 6.65. The number of benzene rings is 4. The fourth-order valence-electron chi connectivity index (χ4n) is 4.61. The second-order valence-corrected chi connectivity index (χ2v) is 9.21. The summed E-state index contributed by atoms with van der Waals surface area (Å²) in [6.45, 7) is 8.30. The van der Waals surface area contributed by atoms with Gasteiger partial charge in [-0.1, -0.05) is 66.7 Å². The van der Waals surface area contributed by atoms with E-state index in [2.05, 4.69) is 94.4 Å². The van der Waals surface area contributed by atoms with Crippen LogP contribution in [0.4, 0.5) is 0 Å². The van der Waals surface area contributed by atoms with Gasteiger partial charge in [0.1, 0.15) is 11.2 Å². The molecule has 148 valence electrons. The molecule has 0 amide bonds. The summed E-state index contributed by atoms with van der Waals surface area (Å²) in [4.78, 5) is 0. The third-order valence-corrected chi connectivity index (χ3v) is 6.91. The summed E-state index contributed by atoms with van der Waals surface area (Å²) in [5, 5.41) is 7.02. The van der Waals surface area contributed by atoms with E-state index in [9.17, 15) is 0 Å². The van der Waals surface area contributed by atoms with Gasteiger partial charge in [0.05, 0.1) is 11.2 Å². The maximum Gasteiger partial charge on any atom is 0.498 e. The highest BCUT2D eigenvalue weighted by Gasteiger charge is 2.52. The molecule has 0 spiro atoms. The van der Waals surface area contributed by atoms with Crippen molar-refractivity contribution in [1.29, 1.82) is 0 Å². The molecule has 0 atom stereocenters. The van der Waals surface area contributed by atoms with Gasteiger partial charge in [0.15, 0.2) is 0 Å². The van der Waals surface area contributed by atoms with Gasteiger partial charge < -0.3 is 13.7 Å². The third kappa shape index (κ3) is 2.29. The highest BCUT2D eigenvalue weighted by atomic mass is 16.7. The number of hydrogen-bond donors (Lipinski definition) is 0. The Morgan fingerprint density at radius 2 is 1.10 bits per heavy atom. The van der Waals surface area contributed by atoms with E-state index in [1.54, 1.807) is 0 Å². The van der Waals surface area contributed by atoms with E-state index < -0.39 is 18.3 Å². The number of para-hydroxylation sites is 1. The van der Waals surface area contributed by atoms with Crippen molar-refractivity contribution in [2.45, 2.75) is 38.9 Å². The van der Waals surface area contributed by atoms with Crippen molar-refractivity contribution in [2.75, 3.05) is 0 Å². The van der Waals surface area contributed by atoms with Gasteiger partial charge in [-0.15, -0.1) is 0 Å². The van der Waals surface area contributed by atoms with Gasteiger partial charge in [-0.3, -0.25) is 0 Å². The van der Waals surface area contributed by atoms with Crippen LogP contribution in [-0.4, -0.2) is 18.3 Å². The van der Waals surface area contributed by atoms with Gasteiger partial charge >= 0.3 is 7.12 Å². The van der Waals surface area contributed by atoms with Crippen molar-refractivity contribution in [1.82, 2.24) is 0 Å². The summed E-state index contributed by atoms with van der Waals surface area (Å²) in [6, 6.07) is 23.3. The predicted octanol–water partition coefficient (Wildman–Crippen LogP) is 6.19. The lowest BCUT2D eigenvalue weighted by Crippen LogP contribution is -2.41.